The van der Waals surface area contributed by atoms with Crippen molar-refractivity contribution in [2.45, 2.75) is 19.1 Å². The Morgan fingerprint density at radius 1 is 1.64 bits per heavy atom. The molecule has 0 fully saturated rings. The summed E-state index contributed by atoms with van der Waals surface area (Å²) in [4.78, 5) is 10.6. The molecule has 0 rings (SSSR count). The zero-order valence-corrected chi connectivity index (χ0v) is 7.73. The maximum atomic E-state index is 10.6. The monoisotopic (exact) mass is 177 g/mol. The second-order valence-electron chi connectivity index (χ2n) is 2.66. The highest BCUT2D eigenvalue weighted by atomic mass is 32.2. The summed E-state index contributed by atoms with van der Waals surface area (Å²) in [5.74, 6) is 0.150. The fraction of sp³-hybridized carbons (Fsp3) is 0.857. The van der Waals surface area contributed by atoms with Crippen LogP contribution in [0.5, 0.6) is 0 Å². The Morgan fingerprint density at radius 3 is 2.45 bits per heavy atom. The van der Waals surface area contributed by atoms with E-state index < -0.39 is 5.97 Å². The first kappa shape index (κ1) is 10.8. The first-order valence-electron chi connectivity index (χ1n) is 3.64. The Balaban J connectivity index is 3.80. The summed E-state index contributed by atoms with van der Waals surface area (Å²) < 4.78 is 0. The van der Waals surface area contributed by atoms with Gasteiger partial charge in [0.25, 0.3) is 0 Å². The number of aliphatic carboxylic acids is 1. The van der Waals surface area contributed by atoms with Gasteiger partial charge in [-0.15, -0.1) is 11.8 Å². The zero-order valence-electron chi connectivity index (χ0n) is 6.91. The van der Waals surface area contributed by atoms with Crippen molar-refractivity contribution < 1.29 is 9.90 Å². The number of hydrogen-bond donors (Lipinski definition) is 2. The standard InChI is InChI=1S/C7H15NO2S/c1-5(2)6(7(9)10)11-4-3-8/h5-6H,3-4,8H2,1-2H3,(H,9,10). The lowest BCUT2D eigenvalue weighted by molar-refractivity contribution is -0.137. The molecule has 0 aliphatic rings. The molecule has 0 saturated heterocycles. The van der Waals surface area contributed by atoms with E-state index >= 15 is 0 Å². The van der Waals surface area contributed by atoms with Crippen LogP contribution in [0.15, 0.2) is 0 Å². The minimum atomic E-state index is -0.738. The fourth-order valence-electron chi connectivity index (χ4n) is 0.744. The van der Waals surface area contributed by atoms with Crippen molar-refractivity contribution in [2.24, 2.45) is 11.7 Å². The van der Waals surface area contributed by atoms with Gasteiger partial charge in [-0.1, -0.05) is 13.8 Å². The smallest absolute Gasteiger partial charge is 0.316 e. The molecule has 0 spiro atoms. The normalized spacial score (nSPS) is 13.5. The van der Waals surface area contributed by atoms with Crippen LogP contribution in [0.3, 0.4) is 0 Å². The summed E-state index contributed by atoms with van der Waals surface area (Å²) in [6.45, 7) is 4.35. The third-order valence-electron chi connectivity index (χ3n) is 1.26. The average Bonchev–Trinajstić information content (AvgIpc) is 1.87. The van der Waals surface area contributed by atoms with E-state index in [0.29, 0.717) is 6.54 Å². The van der Waals surface area contributed by atoms with Crippen molar-refractivity contribution in [3.05, 3.63) is 0 Å². The van der Waals surface area contributed by atoms with Gasteiger partial charge >= 0.3 is 5.97 Å². The molecular formula is C7H15NO2S. The molecule has 0 aromatic rings. The van der Waals surface area contributed by atoms with Crippen LogP contribution < -0.4 is 5.73 Å². The van der Waals surface area contributed by atoms with Gasteiger partial charge in [0.15, 0.2) is 0 Å². The van der Waals surface area contributed by atoms with E-state index in [1.165, 1.54) is 11.8 Å². The summed E-state index contributed by atoms with van der Waals surface area (Å²) >= 11 is 1.41. The molecule has 3 N–H and O–H groups in total. The van der Waals surface area contributed by atoms with Crippen LogP contribution in [0.25, 0.3) is 0 Å². The minimum Gasteiger partial charge on any atom is -0.480 e. The van der Waals surface area contributed by atoms with Crippen molar-refractivity contribution >= 4 is 17.7 Å². The minimum absolute atomic E-state index is 0.170. The van der Waals surface area contributed by atoms with Gasteiger partial charge in [-0.3, -0.25) is 4.79 Å². The first-order chi connectivity index (χ1) is 5.09. The van der Waals surface area contributed by atoms with Crippen molar-refractivity contribution in [3.63, 3.8) is 0 Å². The van der Waals surface area contributed by atoms with E-state index in [-0.39, 0.29) is 11.2 Å². The predicted octanol–water partition coefficient (Wildman–Crippen LogP) is 0.788. The molecule has 1 unspecified atom stereocenters. The van der Waals surface area contributed by atoms with Gasteiger partial charge in [-0.05, 0) is 5.92 Å². The molecule has 0 heterocycles. The van der Waals surface area contributed by atoms with Gasteiger partial charge < -0.3 is 10.8 Å². The van der Waals surface area contributed by atoms with Crippen LogP contribution in [-0.2, 0) is 4.79 Å². The third-order valence-corrected chi connectivity index (χ3v) is 2.84. The molecule has 3 nitrogen and oxygen atoms in total. The van der Waals surface area contributed by atoms with Crippen LogP contribution in [0.1, 0.15) is 13.8 Å². The summed E-state index contributed by atoms with van der Waals surface area (Å²) in [7, 11) is 0. The third kappa shape index (κ3) is 4.27. The zero-order chi connectivity index (χ0) is 8.85. The van der Waals surface area contributed by atoms with Gasteiger partial charge in [0.2, 0.25) is 0 Å². The molecule has 0 aromatic heterocycles. The van der Waals surface area contributed by atoms with Gasteiger partial charge in [0.1, 0.15) is 5.25 Å². The van der Waals surface area contributed by atoms with Crippen LogP contribution in [-0.4, -0.2) is 28.6 Å². The second-order valence-corrected chi connectivity index (χ2v) is 3.91. The predicted molar refractivity (Wildman–Crippen MR) is 47.8 cm³/mol. The second kappa shape index (κ2) is 5.43. The molecule has 11 heavy (non-hydrogen) atoms. The topological polar surface area (TPSA) is 63.3 Å². The molecule has 1 atom stereocenters. The highest BCUT2D eigenvalue weighted by Gasteiger charge is 2.20. The molecule has 66 valence electrons. The number of thioether (sulfide) groups is 1. The largest absolute Gasteiger partial charge is 0.480 e. The number of carboxylic acids is 1. The molecule has 0 aromatic carbocycles. The lowest BCUT2D eigenvalue weighted by Gasteiger charge is -2.14. The maximum Gasteiger partial charge on any atom is 0.316 e. The molecule has 0 amide bonds. The lowest BCUT2D eigenvalue weighted by Crippen LogP contribution is -2.24. The highest BCUT2D eigenvalue weighted by Crippen LogP contribution is 2.18. The molecule has 0 aliphatic carbocycles. The summed E-state index contributed by atoms with van der Waals surface area (Å²) in [5.41, 5.74) is 5.26. The van der Waals surface area contributed by atoms with Crippen molar-refractivity contribution in [1.82, 2.24) is 0 Å². The molecule has 0 aliphatic heterocycles. The van der Waals surface area contributed by atoms with Crippen molar-refractivity contribution in [1.29, 1.82) is 0 Å². The van der Waals surface area contributed by atoms with E-state index in [1.54, 1.807) is 0 Å². The van der Waals surface area contributed by atoms with Crippen LogP contribution in [0, 0.1) is 5.92 Å². The van der Waals surface area contributed by atoms with Gasteiger partial charge in [-0.25, -0.2) is 0 Å². The number of hydrogen-bond acceptors (Lipinski definition) is 3. The first-order valence-corrected chi connectivity index (χ1v) is 4.69. The molecule has 0 bridgehead atoms. The Kier molecular flexibility index (Phi) is 5.32. The quantitative estimate of drug-likeness (QED) is 0.651. The summed E-state index contributed by atoms with van der Waals surface area (Å²) in [5, 5.41) is 8.40. The summed E-state index contributed by atoms with van der Waals surface area (Å²) in [6.07, 6.45) is 0. The Morgan fingerprint density at radius 2 is 2.18 bits per heavy atom. The lowest BCUT2D eigenvalue weighted by atomic mass is 10.1. The van der Waals surface area contributed by atoms with E-state index in [4.69, 9.17) is 10.8 Å². The Labute approximate surface area is 71.3 Å². The van der Waals surface area contributed by atoms with Crippen LogP contribution >= 0.6 is 11.8 Å². The van der Waals surface area contributed by atoms with E-state index in [1.807, 2.05) is 13.8 Å². The number of nitrogens with two attached hydrogens (primary N) is 1. The number of carbonyl (C=O) groups is 1. The average molecular weight is 177 g/mol. The van der Waals surface area contributed by atoms with Crippen molar-refractivity contribution in [3.8, 4) is 0 Å². The molecule has 0 saturated carbocycles. The maximum absolute atomic E-state index is 10.6. The van der Waals surface area contributed by atoms with Gasteiger partial charge in [0.05, 0.1) is 0 Å². The van der Waals surface area contributed by atoms with Crippen LogP contribution in [0.2, 0.25) is 0 Å². The highest BCUT2D eigenvalue weighted by molar-refractivity contribution is 8.00. The van der Waals surface area contributed by atoms with E-state index in [2.05, 4.69) is 0 Å². The Hall–Kier alpha value is -0.220. The van der Waals surface area contributed by atoms with Crippen LogP contribution in [0.4, 0.5) is 0 Å². The van der Waals surface area contributed by atoms with Crippen molar-refractivity contribution in [2.75, 3.05) is 12.3 Å². The Bertz CT molecular complexity index is 128. The fourth-order valence-corrected chi connectivity index (χ4v) is 1.66. The van der Waals surface area contributed by atoms with Gasteiger partial charge in [-0.2, -0.15) is 0 Å². The summed E-state index contributed by atoms with van der Waals surface area (Å²) in [6, 6.07) is 0. The molecular weight excluding hydrogens is 162 g/mol. The van der Waals surface area contributed by atoms with Gasteiger partial charge in [0, 0.05) is 12.3 Å². The number of carboxylic acid groups (broad SMARTS) is 1. The number of rotatable bonds is 5. The van der Waals surface area contributed by atoms with E-state index in [0.717, 1.165) is 5.75 Å². The molecule has 0 radical (unpaired) electrons. The molecule has 4 heteroatoms. The van der Waals surface area contributed by atoms with E-state index in [9.17, 15) is 4.79 Å². The SMILES string of the molecule is CC(C)C(SCCN)C(=O)O.